The highest BCUT2D eigenvalue weighted by molar-refractivity contribution is 7.11. The van der Waals surface area contributed by atoms with E-state index in [2.05, 4.69) is 12.1 Å². The first-order chi connectivity index (χ1) is 11.8. The molecule has 0 fully saturated rings. The minimum absolute atomic E-state index is 0.643. The number of rotatable bonds is 4. The molecule has 2 nitrogen and oxygen atoms in total. The molecule has 24 heavy (non-hydrogen) atoms. The first-order valence-corrected chi connectivity index (χ1v) is 8.97. The van der Waals surface area contributed by atoms with E-state index in [9.17, 15) is 10.5 Å². The summed E-state index contributed by atoms with van der Waals surface area (Å²) in [4.78, 5) is 1.91. The molecular weight excluding hydrogens is 332 g/mol. The van der Waals surface area contributed by atoms with Crippen LogP contribution in [-0.4, -0.2) is 0 Å². The summed E-state index contributed by atoms with van der Waals surface area (Å²) in [6.45, 7) is 0. The van der Waals surface area contributed by atoms with Crippen molar-refractivity contribution in [2.24, 2.45) is 0 Å². The Morgan fingerprint density at radius 3 is 1.62 bits per heavy atom. The molecule has 0 aliphatic rings. The van der Waals surface area contributed by atoms with Crippen molar-refractivity contribution in [3.05, 3.63) is 80.2 Å². The summed E-state index contributed by atoms with van der Waals surface area (Å²) >= 11 is 3.09. The molecule has 0 aliphatic carbocycles. The van der Waals surface area contributed by atoms with Gasteiger partial charge < -0.3 is 0 Å². The lowest BCUT2D eigenvalue weighted by molar-refractivity contribution is 1.53. The predicted octanol–water partition coefficient (Wildman–Crippen LogP) is 5.94. The Morgan fingerprint density at radius 1 is 0.750 bits per heavy atom. The maximum absolute atomic E-state index is 9.37. The lowest BCUT2D eigenvalue weighted by Crippen LogP contribution is -1.81. The summed E-state index contributed by atoms with van der Waals surface area (Å²) < 4.78 is 0. The first kappa shape index (κ1) is 16.0. The van der Waals surface area contributed by atoms with E-state index in [1.807, 2.05) is 71.4 Å². The van der Waals surface area contributed by atoms with Crippen LogP contribution in [0.25, 0.3) is 23.3 Å². The van der Waals surface area contributed by atoms with E-state index in [0.29, 0.717) is 11.1 Å². The number of allylic oxidation sites excluding steroid dienone is 2. The van der Waals surface area contributed by atoms with Crippen molar-refractivity contribution in [2.45, 2.75) is 0 Å². The van der Waals surface area contributed by atoms with Gasteiger partial charge in [0.15, 0.2) is 0 Å². The second-order valence-corrected chi connectivity index (χ2v) is 6.86. The number of thiophene rings is 2. The molecule has 0 amide bonds. The number of benzene rings is 1. The maximum Gasteiger partial charge on any atom is 0.101 e. The normalized spacial score (nSPS) is 11.8. The van der Waals surface area contributed by atoms with Crippen molar-refractivity contribution >= 4 is 46.0 Å². The highest BCUT2D eigenvalue weighted by Crippen LogP contribution is 2.25. The molecule has 0 spiro atoms. The topological polar surface area (TPSA) is 47.6 Å². The van der Waals surface area contributed by atoms with E-state index in [4.69, 9.17) is 0 Å². The Hall–Kier alpha value is -2.92. The fraction of sp³-hybridized carbons (Fsp3) is 0. The number of hydrogen-bond donors (Lipinski definition) is 0. The van der Waals surface area contributed by atoms with Crippen LogP contribution in [0.3, 0.4) is 0 Å². The Kier molecular flexibility index (Phi) is 5.03. The molecule has 0 radical (unpaired) electrons. The summed E-state index contributed by atoms with van der Waals surface area (Å²) in [6, 6.07) is 20.1. The fourth-order valence-corrected chi connectivity index (χ4v) is 3.64. The van der Waals surface area contributed by atoms with Crippen molar-refractivity contribution in [3.63, 3.8) is 0 Å². The molecule has 0 saturated heterocycles. The molecule has 2 heterocycles. The second-order valence-electron chi connectivity index (χ2n) is 4.96. The van der Waals surface area contributed by atoms with Crippen molar-refractivity contribution in [1.82, 2.24) is 0 Å². The Balaban J connectivity index is 1.96. The van der Waals surface area contributed by atoms with Crippen LogP contribution in [0, 0.1) is 22.7 Å². The molecule has 1 aromatic carbocycles. The monoisotopic (exact) mass is 344 g/mol. The van der Waals surface area contributed by atoms with E-state index >= 15 is 0 Å². The van der Waals surface area contributed by atoms with Crippen molar-refractivity contribution < 1.29 is 0 Å². The molecule has 3 rings (SSSR count). The molecule has 0 bridgehead atoms. The third-order valence-corrected chi connectivity index (χ3v) is 5.15. The Morgan fingerprint density at radius 2 is 1.25 bits per heavy atom. The van der Waals surface area contributed by atoms with Crippen molar-refractivity contribution in [2.75, 3.05) is 0 Å². The first-order valence-electron chi connectivity index (χ1n) is 7.21. The highest BCUT2D eigenvalue weighted by atomic mass is 32.1. The van der Waals surface area contributed by atoms with E-state index in [-0.39, 0.29) is 0 Å². The van der Waals surface area contributed by atoms with E-state index in [0.717, 1.165) is 20.9 Å². The molecule has 2 aromatic heterocycles. The smallest absolute Gasteiger partial charge is 0.101 e. The van der Waals surface area contributed by atoms with Gasteiger partial charge in [-0.1, -0.05) is 30.3 Å². The second kappa shape index (κ2) is 7.57. The third kappa shape index (κ3) is 3.70. The Labute approximate surface area is 148 Å². The Bertz CT molecular complexity index is 886. The molecule has 114 valence electrons. The largest absolute Gasteiger partial charge is 0.192 e. The van der Waals surface area contributed by atoms with Gasteiger partial charge in [0.2, 0.25) is 0 Å². The van der Waals surface area contributed by atoms with Gasteiger partial charge in [-0.2, -0.15) is 10.5 Å². The highest BCUT2D eigenvalue weighted by Gasteiger charge is 2.04. The van der Waals surface area contributed by atoms with Gasteiger partial charge in [0, 0.05) is 9.75 Å². The molecule has 3 aromatic rings. The molecule has 0 saturated carbocycles. The fourth-order valence-electron chi connectivity index (χ4n) is 2.25. The zero-order chi connectivity index (χ0) is 16.8. The van der Waals surface area contributed by atoms with Gasteiger partial charge in [-0.15, -0.1) is 22.7 Å². The zero-order valence-corrected chi connectivity index (χ0v) is 14.3. The van der Waals surface area contributed by atoms with Gasteiger partial charge >= 0.3 is 0 Å². The van der Waals surface area contributed by atoms with Crippen LogP contribution in [0.4, 0.5) is 0 Å². The SMILES string of the molecule is N#CC(=Cc1cccc(C=C(C#N)c2cccs2)c1)c1cccs1. The molecule has 4 heteroatoms. The van der Waals surface area contributed by atoms with Gasteiger partial charge in [0.1, 0.15) is 12.1 Å². The van der Waals surface area contributed by atoms with Gasteiger partial charge in [-0.3, -0.25) is 0 Å². The third-order valence-electron chi connectivity index (χ3n) is 3.35. The predicted molar refractivity (Wildman–Crippen MR) is 102 cm³/mol. The van der Waals surface area contributed by atoms with Crippen LogP contribution >= 0.6 is 22.7 Å². The van der Waals surface area contributed by atoms with E-state index < -0.39 is 0 Å². The molecular formula is C20H12N2S2. The van der Waals surface area contributed by atoms with E-state index in [1.54, 1.807) is 22.7 Å². The summed E-state index contributed by atoms with van der Waals surface area (Å²) in [7, 11) is 0. The summed E-state index contributed by atoms with van der Waals surface area (Å²) in [5, 5.41) is 22.7. The van der Waals surface area contributed by atoms with Gasteiger partial charge in [0.25, 0.3) is 0 Å². The quantitative estimate of drug-likeness (QED) is 0.550. The lowest BCUT2D eigenvalue weighted by Gasteiger charge is -2.00. The molecule has 0 atom stereocenters. The average molecular weight is 344 g/mol. The lowest BCUT2D eigenvalue weighted by atomic mass is 10.1. The van der Waals surface area contributed by atoms with Gasteiger partial charge in [-0.25, -0.2) is 0 Å². The van der Waals surface area contributed by atoms with Crippen LogP contribution in [0.5, 0.6) is 0 Å². The zero-order valence-electron chi connectivity index (χ0n) is 12.6. The minimum Gasteiger partial charge on any atom is -0.192 e. The van der Waals surface area contributed by atoms with Crippen LogP contribution in [0.2, 0.25) is 0 Å². The maximum atomic E-state index is 9.37. The summed E-state index contributed by atoms with van der Waals surface area (Å²) in [5.74, 6) is 0. The average Bonchev–Trinajstić information content (AvgIpc) is 3.31. The van der Waals surface area contributed by atoms with Gasteiger partial charge in [-0.05, 0) is 52.2 Å². The van der Waals surface area contributed by atoms with Crippen LogP contribution in [-0.2, 0) is 0 Å². The van der Waals surface area contributed by atoms with Crippen LogP contribution < -0.4 is 0 Å². The standard InChI is InChI=1S/C20H12N2S2/c21-13-17(19-6-2-8-23-19)11-15-4-1-5-16(10-15)12-18(14-22)20-7-3-9-24-20/h1-12H. The number of nitrogens with zero attached hydrogens (tertiary/aromatic N) is 2. The van der Waals surface area contributed by atoms with Crippen molar-refractivity contribution in [1.29, 1.82) is 10.5 Å². The molecule has 0 N–H and O–H groups in total. The van der Waals surface area contributed by atoms with Gasteiger partial charge in [0.05, 0.1) is 11.1 Å². The van der Waals surface area contributed by atoms with Crippen molar-refractivity contribution in [3.8, 4) is 12.1 Å². The molecule has 0 aliphatic heterocycles. The summed E-state index contributed by atoms with van der Waals surface area (Å²) in [5.41, 5.74) is 3.17. The number of hydrogen-bond acceptors (Lipinski definition) is 4. The van der Waals surface area contributed by atoms with Crippen LogP contribution in [0.15, 0.2) is 59.3 Å². The minimum atomic E-state index is 0.643. The summed E-state index contributed by atoms with van der Waals surface area (Å²) in [6.07, 6.45) is 3.75. The van der Waals surface area contributed by atoms with Crippen LogP contribution in [0.1, 0.15) is 20.9 Å². The number of nitriles is 2. The molecule has 0 unspecified atom stereocenters. The van der Waals surface area contributed by atoms with E-state index in [1.165, 1.54) is 0 Å².